The highest BCUT2D eigenvalue weighted by atomic mass is 32.2. The first-order chi connectivity index (χ1) is 7.65. The van der Waals surface area contributed by atoms with Gasteiger partial charge in [-0.25, -0.2) is 0 Å². The van der Waals surface area contributed by atoms with E-state index < -0.39 is 0 Å². The standard InChI is InChI=1S/C13H28N2S/c1-4-13(5-2,16-3)10-15-12-8-6-7-11(14)9-12/h11-12,15H,4-10,14H2,1-3H3. The lowest BCUT2D eigenvalue weighted by Gasteiger charge is -2.34. The van der Waals surface area contributed by atoms with Crippen molar-refractivity contribution in [2.45, 2.75) is 69.2 Å². The Balaban J connectivity index is 2.36. The van der Waals surface area contributed by atoms with Crippen molar-refractivity contribution in [2.24, 2.45) is 5.73 Å². The summed E-state index contributed by atoms with van der Waals surface area (Å²) in [5.74, 6) is 0. The van der Waals surface area contributed by atoms with Crippen LogP contribution in [0.3, 0.4) is 0 Å². The van der Waals surface area contributed by atoms with Crippen LogP contribution in [0.4, 0.5) is 0 Å². The summed E-state index contributed by atoms with van der Waals surface area (Å²) >= 11 is 2.01. The summed E-state index contributed by atoms with van der Waals surface area (Å²) in [5.41, 5.74) is 6.02. The van der Waals surface area contributed by atoms with Gasteiger partial charge in [0, 0.05) is 23.4 Å². The molecule has 0 amide bonds. The molecular formula is C13H28N2S. The predicted octanol–water partition coefficient (Wildman–Crippen LogP) is 2.77. The van der Waals surface area contributed by atoms with Gasteiger partial charge in [-0.15, -0.1) is 0 Å². The monoisotopic (exact) mass is 244 g/mol. The third kappa shape index (κ3) is 3.94. The molecule has 0 aliphatic heterocycles. The third-order valence-corrected chi connectivity index (χ3v) is 5.74. The molecule has 1 fully saturated rings. The highest BCUT2D eigenvalue weighted by Gasteiger charge is 2.27. The van der Waals surface area contributed by atoms with E-state index in [9.17, 15) is 0 Å². The normalized spacial score (nSPS) is 27.0. The molecular weight excluding hydrogens is 216 g/mol. The second-order valence-electron chi connectivity index (χ2n) is 5.10. The predicted molar refractivity (Wildman–Crippen MR) is 75.1 cm³/mol. The first kappa shape index (κ1) is 14.3. The fourth-order valence-electron chi connectivity index (χ4n) is 2.60. The fraction of sp³-hybridized carbons (Fsp3) is 1.00. The van der Waals surface area contributed by atoms with Crippen molar-refractivity contribution in [1.82, 2.24) is 5.32 Å². The number of nitrogens with one attached hydrogen (secondary N) is 1. The molecule has 0 saturated heterocycles. The Labute approximate surface area is 105 Å². The molecule has 3 heteroatoms. The van der Waals surface area contributed by atoms with E-state index >= 15 is 0 Å². The lowest BCUT2D eigenvalue weighted by molar-refractivity contribution is 0.325. The second kappa shape index (κ2) is 6.87. The van der Waals surface area contributed by atoms with E-state index in [1.165, 1.54) is 32.1 Å². The van der Waals surface area contributed by atoms with Crippen LogP contribution in [-0.2, 0) is 0 Å². The molecule has 2 nitrogen and oxygen atoms in total. The van der Waals surface area contributed by atoms with Gasteiger partial charge in [0.25, 0.3) is 0 Å². The van der Waals surface area contributed by atoms with Crippen LogP contribution in [0.15, 0.2) is 0 Å². The van der Waals surface area contributed by atoms with Gasteiger partial charge in [-0.05, 0) is 38.4 Å². The molecule has 96 valence electrons. The molecule has 0 spiro atoms. The van der Waals surface area contributed by atoms with Gasteiger partial charge in [-0.1, -0.05) is 20.3 Å². The molecule has 1 saturated carbocycles. The second-order valence-corrected chi connectivity index (χ2v) is 6.37. The Morgan fingerprint density at radius 3 is 2.50 bits per heavy atom. The summed E-state index contributed by atoms with van der Waals surface area (Å²) in [4.78, 5) is 0. The summed E-state index contributed by atoms with van der Waals surface area (Å²) in [7, 11) is 0. The Morgan fingerprint density at radius 2 is 2.00 bits per heavy atom. The molecule has 0 aromatic rings. The first-order valence-electron chi connectivity index (χ1n) is 6.70. The number of hydrogen-bond donors (Lipinski definition) is 2. The maximum atomic E-state index is 6.02. The van der Waals surface area contributed by atoms with Crippen LogP contribution in [0.5, 0.6) is 0 Å². The molecule has 16 heavy (non-hydrogen) atoms. The Kier molecular flexibility index (Phi) is 6.16. The molecule has 0 radical (unpaired) electrons. The topological polar surface area (TPSA) is 38.0 Å². The summed E-state index contributed by atoms with van der Waals surface area (Å²) in [5, 5.41) is 3.74. The van der Waals surface area contributed by atoms with Gasteiger partial charge in [0.05, 0.1) is 0 Å². The van der Waals surface area contributed by atoms with Gasteiger partial charge in [-0.2, -0.15) is 11.8 Å². The van der Waals surface area contributed by atoms with Gasteiger partial charge in [0.2, 0.25) is 0 Å². The number of thioether (sulfide) groups is 1. The van der Waals surface area contributed by atoms with E-state index in [1.54, 1.807) is 0 Å². The molecule has 0 heterocycles. The maximum Gasteiger partial charge on any atom is 0.0276 e. The van der Waals surface area contributed by atoms with Crippen LogP contribution < -0.4 is 11.1 Å². The zero-order valence-electron chi connectivity index (χ0n) is 11.1. The fourth-order valence-corrected chi connectivity index (χ4v) is 3.41. The minimum atomic E-state index is 0.429. The van der Waals surface area contributed by atoms with Crippen molar-refractivity contribution in [3.8, 4) is 0 Å². The summed E-state index contributed by atoms with van der Waals surface area (Å²) in [6.45, 7) is 5.74. The minimum absolute atomic E-state index is 0.429. The van der Waals surface area contributed by atoms with Gasteiger partial charge >= 0.3 is 0 Å². The SMILES string of the molecule is CCC(CC)(CNC1CCCC(N)C1)SC. The van der Waals surface area contributed by atoms with Crippen LogP contribution >= 0.6 is 11.8 Å². The van der Waals surface area contributed by atoms with Crippen molar-refractivity contribution in [3.63, 3.8) is 0 Å². The zero-order chi connectivity index (χ0) is 12.0. The van der Waals surface area contributed by atoms with Crippen LogP contribution in [0.2, 0.25) is 0 Å². The number of rotatable bonds is 6. The zero-order valence-corrected chi connectivity index (χ0v) is 11.9. The average Bonchev–Trinajstić information content (AvgIpc) is 2.32. The lowest BCUT2D eigenvalue weighted by atomic mass is 9.91. The molecule has 1 rings (SSSR count). The molecule has 1 aliphatic carbocycles. The number of hydrogen-bond acceptors (Lipinski definition) is 3. The van der Waals surface area contributed by atoms with Crippen LogP contribution in [0, 0.1) is 0 Å². The van der Waals surface area contributed by atoms with E-state index in [4.69, 9.17) is 5.73 Å². The number of nitrogens with two attached hydrogens (primary N) is 1. The molecule has 1 aliphatic rings. The Morgan fingerprint density at radius 1 is 1.31 bits per heavy atom. The molecule has 3 N–H and O–H groups in total. The van der Waals surface area contributed by atoms with Crippen molar-refractivity contribution >= 4 is 11.8 Å². The van der Waals surface area contributed by atoms with Gasteiger partial charge in [-0.3, -0.25) is 0 Å². The molecule has 0 aromatic carbocycles. The van der Waals surface area contributed by atoms with E-state index in [0.717, 1.165) is 13.0 Å². The van der Waals surface area contributed by atoms with Crippen molar-refractivity contribution < 1.29 is 0 Å². The smallest absolute Gasteiger partial charge is 0.0276 e. The quantitative estimate of drug-likeness (QED) is 0.754. The van der Waals surface area contributed by atoms with Gasteiger partial charge < -0.3 is 11.1 Å². The summed E-state index contributed by atoms with van der Waals surface area (Å²) < 4.78 is 0.432. The molecule has 2 unspecified atom stereocenters. The van der Waals surface area contributed by atoms with E-state index in [2.05, 4.69) is 25.4 Å². The molecule has 2 atom stereocenters. The molecule has 0 aromatic heterocycles. The average molecular weight is 244 g/mol. The Hall–Kier alpha value is 0.270. The van der Waals surface area contributed by atoms with E-state index in [-0.39, 0.29) is 0 Å². The molecule has 0 bridgehead atoms. The lowest BCUT2D eigenvalue weighted by Crippen LogP contribution is -2.45. The van der Waals surface area contributed by atoms with E-state index in [0.29, 0.717) is 16.8 Å². The van der Waals surface area contributed by atoms with Crippen molar-refractivity contribution in [1.29, 1.82) is 0 Å². The van der Waals surface area contributed by atoms with Crippen molar-refractivity contribution in [2.75, 3.05) is 12.8 Å². The van der Waals surface area contributed by atoms with Crippen LogP contribution in [-0.4, -0.2) is 29.6 Å². The van der Waals surface area contributed by atoms with Crippen molar-refractivity contribution in [3.05, 3.63) is 0 Å². The maximum absolute atomic E-state index is 6.02. The van der Waals surface area contributed by atoms with Crippen LogP contribution in [0.25, 0.3) is 0 Å². The third-order valence-electron chi connectivity index (χ3n) is 4.15. The summed E-state index contributed by atoms with van der Waals surface area (Å²) in [6, 6.07) is 1.09. The van der Waals surface area contributed by atoms with Crippen LogP contribution in [0.1, 0.15) is 52.4 Å². The highest BCUT2D eigenvalue weighted by Crippen LogP contribution is 2.30. The summed E-state index contributed by atoms with van der Waals surface area (Å²) in [6.07, 6.45) is 9.72. The van der Waals surface area contributed by atoms with E-state index in [1.807, 2.05) is 11.8 Å². The highest BCUT2D eigenvalue weighted by molar-refractivity contribution is 8.00. The first-order valence-corrected chi connectivity index (χ1v) is 7.92. The van der Waals surface area contributed by atoms with Gasteiger partial charge in [0.15, 0.2) is 0 Å². The minimum Gasteiger partial charge on any atom is -0.328 e. The largest absolute Gasteiger partial charge is 0.328 e. The Bertz CT molecular complexity index is 184. The van der Waals surface area contributed by atoms with Gasteiger partial charge in [0.1, 0.15) is 0 Å².